The van der Waals surface area contributed by atoms with E-state index in [0.29, 0.717) is 17.1 Å². The Morgan fingerprint density at radius 1 is 1.00 bits per heavy atom. The van der Waals surface area contributed by atoms with Gasteiger partial charge in [0.05, 0.1) is 31.3 Å². The first-order valence-electron chi connectivity index (χ1n) is 10.9. The van der Waals surface area contributed by atoms with Gasteiger partial charge in [0.2, 0.25) is 5.91 Å². The molecule has 0 fully saturated rings. The number of rotatable bonds is 8. The largest absolute Gasteiger partial charge is 0.497 e. The number of aromatic nitrogens is 2. The zero-order valence-corrected chi connectivity index (χ0v) is 19.3. The number of methoxy groups -OCH3 is 1. The van der Waals surface area contributed by atoms with Gasteiger partial charge in [0.1, 0.15) is 23.8 Å². The number of halogens is 1. The second-order valence-corrected chi connectivity index (χ2v) is 7.84. The third-order valence-corrected chi connectivity index (χ3v) is 5.67. The lowest BCUT2D eigenvalue weighted by Gasteiger charge is -2.24. The standard InChI is InChI=1S/C26H26FN3O4/c1-4-34-26(32)24-15-23-22(13-14-28(23)2)30(24)17-25(31)29(20-9-7-19(27)8-10-20)16-18-5-11-21(33-3)12-6-18/h5-15H,4,16-17H2,1-3H3. The third-order valence-electron chi connectivity index (χ3n) is 5.67. The molecular weight excluding hydrogens is 437 g/mol. The number of amides is 1. The zero-order valence-electron chi connectivity index (χ0n) is 19.3. The van der Waals surface area contributed by atoms with Gasteiger partial charge < -0.3 is 23.5 Å². The molecule has 34 heavy (non-hydrogen) atoms. The van der Waals surface area contributed by atoms with E-state index in [4.69, 9.17) is 9.47 Å². The summed E-state index contributed by atoms with van der Waals surface area (Å²) in [5.74, 6) is -0.424. The van der Waals surface area contributed by atoms with Crippen LogP contribution >= 0.6 is 0 Å². The van der Waals surface area contributed by atoms with Crippen molar-refractivity contribution in [3.8, 4) is 5.75 Å². The van der Waals surface area contributed by atoms with E-state index in [1.165, 1.54) is 12.1 Å². The predicted octanol–water partition coefficient (Wildman–Crippen LogP) is 4.54. The zero-order chi connectivity index (χ0) is 24.2. The number of anilines is 1. The highest BCUT2D eigenvalue weighted by molar-refractivity contribution is 5.98. The maximum Gasteiger partial charge on any atom is 0.355 e. The van der Waals surface area contributed by atoms with Crippen molar-refractivity contribution >= 4 is 28.6 Å². The van der Waals surface area contributed by atoms with Crippen molar-refractivity contribution in [1.82, 2.24) is 9.13 Å². The number of esters is 1. The van der Waals surface area contributed by atoms with Gasteiger partial charge >= 0.3 is 5.97 Å². The molecule has 8 heteroatoms. The topological polar surface area (TPSA) is 65.7 Å². The van der Waals surface area contributed by atoms with Crippen LogP contribution in [0.5, 0.6) is 5.75 Å². The molecule has 1 amide bonds. The van der Waals surface area contributed by atoms with Crippen molar-refractivity contribution in [2.45, 2.75) is 20.0 Å². The van der Waals surface area contributed by atoms with Gasteiger partial charge in [-0.05, 0) is 61.0 Å². The molecule has 7 nitrogen and oxygen atoms in total. The van der Waals surface area contributed by atoms with E-state index in [2.05, 4.69) is 0 Å². The quantitative estimate of drug-likeness (QED) is 0.360. The molecule has 0 radical (unpaired) electrons. The van der Waals surface area contributed by atoms with Gasteiger partial charge in [-0.15, -0.1) is 0 Å². The minimum Gasteiger partial charge on any atom is -0.497 e. The van der Waals surface area contributed by atoms with E-state index >= 15 is 0 Å². The number of hydrogen-bond acceptors (Lipinski definition) is 4. The molecule has 2 aromatic heterocycles. The van der Waals surface area contributed by atoms with E-state index in [9.17, 15) is 14.0 Å². The van der Waals surface area contributed by atoms with Crippen LogP contribution in [-0.4, -0.2) is 34.7 Å². The molecule has 176 valence electrons. The molecule has 0 N–H and O–H groups in total. The van der Waals surface area contributed by atoms with Crippen LogP contribution in [0.3, 0.4) is 0 Å². The number of carbonyl (C=O) groups is 2. The molecule has 0 spiro atoms. The number of carbonyl (C=O) groups excluding carboxylic acids is 2. The van der Waals surface area contributed by atoms with Gasteiger partial charge in [-0.3, -0.25) is 4.79 Å². The fourth-order valence-corrected chi connectivity index (χ4v) is 3.89. The Bertz CT molecular complexity index is 1310. The lowest BCUT2D eigenvalue weighted by atomic mass is 10.1. The average molecular weight is 464 g/mol. The first-order chi connectivity index (χ1) is 16.4. The molecule has 0 aliphatic carbocycles. The maximum absolute atomic E-state index is 13.6. The van der Waals surface area contributed by atoms with Crippen LogP contribution in [0.15, 0.2) is 66.9 Å². The second-order valence-electron chi connectivity index (χ2n) is 7.84. The summed E-state index contributed by atoms with van der Waals surface area (Å²) in [6, 6.07) is 16.7. The minimum atomic E-state index is -0.491. The number of ether oxygens (including phenoxy) is 2. The Morgan fingerprint density at radius 2 is 1.71 bits per heavy atom. The maximum atomic E-state index is 13.6. The van der Waals surface area contributed by atoms with E-state index in [-0.39, 0.29) is 31.4 Å². The molecular formula is C26H26FN3O4. The summed E-state index contributed by atoms with van der Waals surface area (Å²) in [4.78, 5) is 27.8. The number of aryl methyl sites for hydroxylation is 1. The Kier molecular flexibility index (Phi) is 6.67. The summed E-state index contributed by atoms with van der Waals surface area (Å²) in [6.07, 6.45) is 1.87. The first-order valence-corrected chi connectivity index (χ1v) is 10.9. The fourth-order valence-electron chi connectivity index (χ4n) is 3.89. The van der Waals surface area contributed by atoms with Crippen LogP contribution in [-0.2, 0) is 29.7 Å². The molecule has 0 atom stereocenters. The van der Waals surface area contributed by atoms with Crippen LogP contribution in [0.25, 0.3) is 11.0 Å². The summed E-state index contributed by atoms with van der Waals surface area (Å²) in [5, 5.41) is 0. The van der Waals surface area contributed by atoms with Gasteiger partial charge in [-0.25, -0.2) is 9.18 Å². The predicted molar refractivity (Wildman–Crippen MR) is 127 cm³/mol. The average Bonchev–Trinajstić information content (AvgIpc) is 3.38. The van der Waals surface area contributed by atoms with Crippen LogP contribution in [0, 0.1) is 5.82 Å². The van der Waals surface area contributed by atoms with Crippen molar-refractivity contribution in [3.05, 3.63) is 83.9 Å². The summed E-state index contributed by atoms with van der Waals surface area (Å²) in [5.41, 5.74) is 3.31. The Balaban J connectivity index is 1.70. The number of fused-ring (bicyclic) bond motifs is 1. The molecule has 0 unspecified atom stereocenters. The minimum absolute atomic E-state index is 0.0881. The second kappa shape index (κ2) is 9.82. The third kappa shape index (κ3) is 4.66. The Labute approximate surface area is 196 Å². The molecule has 2 heterocycles. The van der Waals surface area contributed by atoms with E-state index in [0.717, 1.165) is 16.6 Å². The highest BCUT2D eigenvalue weighted by atomic mass is 19.1. The number of benzene rings is 2. The van der Waals surface area contributed by atoms with Gasteiger partial charge in [0, 0.05) is 18.9 Å². The van der Waals surface area contributed by atoms with Crippen molar-refractivity contribution in [3.63, 3.8) is 0 Å². The molecule has 0 saturated heterocycles. The summed E-state index contributed by atoms with van der Waals surface area (Å²) < 4.78 is 27.6. The normalized spacial score (nSPS) is 10.9. The van der Waals surface area contributed by atoms with Crippen LogP contribution in [0.4, 0.5) is 10.1 Å². The first kappa shape index (κ1) is 23.1. The molecule has 2 aromatic carbocycles. The molecule has 0 aliphatic rings. The lowest BCUT2D eigenvalue weighted by Crippen LogP contribution is -2.34. The molecule has 4 rings (SSSR count). The van der Waals surface area contributed by atoms with Crippen molar-refractivity contribution in [2.24, 2.45) is 7.05 Å². The smallest absolute Gasteiger partial charge is 0.355 e. The number of hydrogen-bond donors (Lipinski definition) is 0. The SMILES string of the molecule is CCOC(=O)c1cc2c(ccn2C)n1CC(=O)N(Cc1ccc(OC)cc1)c1ccc(F)cc1. The van der Waals surface area contributed by atoms with Crippen molar-refractivity contribution in [1.29, 1.82) is 0 Å². The van der Waals surface area contributed by atoms with Gasteiger partial charge in [-0.1, -0.05) is 12.1 Å². The van der Waals surface area contributed by atoms with Gasteiger partial charge in [-0.2, -0.15) is 0 Å². The van der Waals surface area contributed by atoms with Crippen LogP contribution in [0.1, 0.15) is 23.0 Å². The summed E-state index contributed by atoms with van der Waals surface area (Å²) in [6.45, 7) is 2.15. The van der Waals surface area contributed by atoms with E-state index in [1.54, 1.807) is 41.7 Å². The van der Waals surface area contributed by atoms with Crippen LogP contribution < -0.4 is 9.64 Å². The highest BCUT2D eigenvalue weighted by Gasteiger charge is 2.23. The molecule has 0 saturated carbocycles. The summed E-state index contributed by atoms with van der Waals surface area (Å²) in [7, 11) is 3.46. The Hall–Kier alpha value is -4.07. The molecule has 0 aliphatic heterocycles. The molecule has 0 bridgehead atoms. The summed E-state index contributed by atoms with van der Waals surface area (Å²) >= 11 is 0. The van der Waals surface area contributed by atoms with Crippen molar-refractivity contribution < 1.29 is 23.5 Å². The monoisotopic (exact) mass is 463 g/mol. The van der Waals surface area contributed by atoms with E-state index in [1.807, 2.05) is 48.1 Å². The van der Waals surface area contributed by atoms with Gasteiger partial charge in [0.25, 0.3) is 0 Å². The lowest BCUT2D eigenvalue weighted by molar-refractivity contribution is -0.119. The highest BCUT2D eigenvalue weighted by Crippen LogP contribution is 2.24. The Morgan fingerprint density at radius 3 is 2.35 bits per heavy atom. The van der Waals surface area contributed by atoms with E-state index < -0.39 is 5.97 Å². The number of nitrogens with zero attached hydrogens (tertiary/aromatic N) is 3. The van der Waals surface area contributed by atoms with Crippen molar-refractivity contribution in [2.75, 3.05) is 18.6 Å². The van der Waals surface area contributed by atoms with Gasteiger partial charge in [0.15, 0.2) is 0 Å². The molecule has 4 aromatic rings. The fraction of sp³-hybridized carbons (Fsp3) is 0.231. The van der Waals surface area contributed by atoms with Crippen LogP contribution in [0.2, 0.25) is 0 Å².